The van der Waals surface area contributed by atoms with Crippen LogP contribution in [0.3, 0.4) is 0 Å². The Morgan fingerprint density at radius 2 is 2.06 bits per heavy atom. The van der Waals surface area contributed by atoms with Crippen molar-refractivity contribution < 1.29 is 9.53 Å². The monoisotopic (exact) mass is 249 g/mol. The first-order valence-electron chi connectivity index (χ1n) is 6.29. The summed E-state index contributed by atoms with van der Waals surface area (Å²) in [6, 6.07) is 7.35. The summed E-state index contributed by atoms with van der Waals surface area (Å²) in [6.07, 6.45) is 2.16. The normalized spacial score (nSPS) is 14.6. The predicted molar refractivity (Wildman–Crippen MR) is 70.8 cm³/mol. The van der Waals surface area contributed by atoms with Gasteiger partial charge in [-0.3, -0.25) is 0 Å². The molecule has 2 amide bonds. The average Bonchev–Trinajstić information content (AvgIpc) is 2.91. The minimum absolute atomic E-state index is 0.0590. The minimum Gasteiger partial charge on any atom is -0.490 e. The number of urea groups is 1. The maximum Gasteiger partial charge on any atom is 0.321 e. The van der Waals surface area contributed by atoms with E-state index in [0.717, 1.165) is 25.9 Å². The summed E-state index contributed by atoms with van der Waals surface area (Å²) in [6.45, 7) is 2.56. The SMILES string of the molecule is NCCOc1ccccc1NC(=O)N1CCCC1. The van der Waals surface area contributed by atoms with Gasteiger partial charge in [0.1, 0.15) is 12.4 Å². The van der Waals surface area contributed by atoms with E-state index in [9.17, 15) is 4.79 Å². The molecule has 0 saturated carbocycles. The number of amides is 2. The van der Waals surface area contributed by atoms with Crippen LogP contribution in [0.2, 0.25) is 0 Å². The molecule has 0 unspecified atom stereocenters. The zero-order chi connectivity index (χ0) is 12.8. The summed E-state index contributed by atoms with van der Waals surface area (Å²) in [7, 11) is 0. The summed E-state index contributed by atoms with van der Waals surface area (Å²) >= 11 is 0. The Balaban J connectivity index is 2.00. The van der Waals surface area contributed by atoms with Crippen LogP contribution >= 0.6 is 0 Å². The molecule has 0 aromatic heterocycles. The van der Waals surface area contributed by atoms with Crippen molar-refractivity contribution >= 4 is 11.7 Å². The van der Waals surface area contributed by atoms with Crippen molar-refractivity contribution in [2.24, 2.45) is 5.73 Å². The van der Waals surface area contributed by atoms with Crippen LogP contribution in [-0.2, 0) is 0 Å². The van der Waals surface area contributed by atoms with E-state index < -0.39 is 0 Å². The summed E-state index contributed by atoms with van der Waals surface area (Å²) in [5.41, 5.74) is 6.10. The summed E-state index contributed by atoms with van der Waals surface area (Å²) in [5.74, 6) is 0.662. The molecule has 1 aliphatic heterocycles. The molecule has 1 heterocycles. The van der Waals surface area contributed by atoms with Crippen LogP contribution in [-0.4, -0.2) is 37.2 Å². The third-order valence-electron chi connectivity index (χ3n) is 2.90. The van der Waals surface area contributed by atoms with Gasteiger partial charge in [-0.05, 0) is 25.0 Å². The summed E-state index contributed by atoms with van der Waals surface area (Å²) < 4.78 is 5.49. The van der Waals surface area contributed by atoms with E-state index in [1.165, 1.54) is 0 Å². The van der Waals surface area contributed by atoms with E-state index in [-0.39, 0.29) is 6.03 Å². The van der Waals surface area contributed by atoms with Gasteiger partial charge in [-0.1, -0.05) is 12.1 Å². The molecular weight excluding hydrogens is 230 g/mol. The zero-order valence-corrected chi connectivity index (χ0v) is 10.4. The van der Waals surface area contributed by atoms with Crippen molar-refractivity contribution in [3.05, 3.63) is 24.3 Å². The lowest BCUT2D eigenvalue weighted by Gasteiger charge is -2.18. The van der Waals surface area contributed by atoms with Crippen LogP contribution < -0.4 is 15.8 Å². The van der Waals surface area contributed by atoms with Gasteiger partial charge in [0.15, 0.2) is 0 Å². The molecule has 1 saturated heterocycles. The first kappa shape index (κ1) is 12.7. The molecule has 5 nitrogen and oxygen atoms in total. The smallest absolute Gasteiger partial charge is 0.321 e. The van der Waals surface area contributed by atoms with Crippen LogP contribution in [0, 0.1) is 0 Å². The summed E-state index contributed by atoms with van der Waals surface area (Å²) in [4.78, 5) is 13.8. The van der Waals surface area contributed by atoms with Crippen molar-refractivity contribution in [3.8, 4) is 5.75 Å². The second-order valence-corrected chi connectivity index (χ2v) is 4.26. The van der Waals surface area contributed by atoms with Gasteiger partial charge in [0.05, 0.1) is 5.69 Å². The van der Waals surface area contributed by atoms with Gasteiger partial charge in [0, 0.05) is 19.6 Å². The first-order chi connectivity index (χ1) is 8.81. The number of carbonyl (C=O) groups is 1. The van der Waals surface area contributed by atoms with Crippen molar-refractivity contribution in [2.75, 3.05) is 31.6 Å². The predicted octanol–water partition coefficient (Wildman–Crippen LogP) is 1.65. The third kappa shape index (κ3) is 3.13. The van der Waals surface area contributed by atoms with Gasteiger partial charge >= 0.3 is 6.03 Å². The number of hydrogen-bond acceptors (Lipinski definition) is 3. The van der Waals surface area contributed by atoms with E-state index >= 15 is 0 Å². The fourth-order valence-corrected chi connectivity index (χ4v) is 1.98. The zero-order valence-electron chi connectivity index (χ0n) is 10.4. The number of ether oxygens (including phenoxy) is 1. The van der Waals surface area contributed by atoms with Gasteiger partial charge in [0.2, 0.25) is 0 Å². The maximum absolute atomic E-state index is 12.0. The van der Waals surface area contributed by atoms with E-state index in [4.69, 9.17) is 10.5 Å². The molecule has 1 fully saturated rings. The number of hydrogen-bond donors (Lipinski definition) is 2. The number of benzene rings is 1. The van der Waals surface area contributed by atoms with E-state index in [1.54, 1.807) is 0 Å². The molecule has 0 aliphatic carbocycles. The number of nitrogens with one attached hydrogen (secondary N) is 1. The first-order valence-corrected chi connectivity index (χ1v) is 6.29. The fraction of sp³-hybridized carbons (Fsp3) is 0.462. The lowest BCUT2D eigenvalue weighted by Crippen LogP contribution is -2.32. The van der Waals surface area contributed by atoms with Gasteiger partial charge < -0.3 is 20.7 Å². The Labute approximate surface area is 107 Å². The Bertz CT molecular complexity index is 403. The second-order valence-electron chi connectivity index (χ2n) is 4.26. The number of para-hydroxylation sites is 2. The molecule has 0 atom stereocenters. The standard InChI is InChI=1S/C13H19N3O2/c14-7-10-18-12-6-2-1-5-11(12)15-13(17)16-8-3-4-9-16/h1-2,5-6H,3-4,7-10,14H2,(H,15,17). The molecule has 5 heteroatoms. The van der Waals surface area contributed by atoms with E-state index in [1.807, 2.05) is 29.2 Å². The molecule has 0 spiro atoms. The van der Waals surface area contributed by atoms with Crippen molar-refractivity contribution in [3.63, 3.8) is 0 Å². The number of anilines is 1. The highest BCUT2D eigenvalue weighted by Crippen LogP contribution is 2.24. The Hall–Kier alpha value is -1.75. The van der Waals surface area contributed by atoms with E-state index in [0.29, 0.717) is 24.6 Å². The number of likely N-dealkylation sites (tertiary alicyclic amines) is 1. The highest BCUT2D eigenvalue weighted by atomic mass is 16.5. The molecule has 1 aliphatic rings. The van der Waals surface area contributed by atoms with Gasteiger partial charge in [-0.15, -0.1) is 0 Å². The molecule has 98 valence electrons. The molecule has 2 rings (SSSR count). The third-order valence-corrected chi connectivity index (χ3v) is 2.90. The Morgan fingerprint density at radius 1 is 1.33 bits per heavy atom. The largest absolute Gasteiger partial charge is 0.490 e. The highest BCUT2D eigenvalue weighted by Gasteiger charge is 2.18. The van der Waals surface area contributed by atoms with Gasteiger partial charge in [-0.25, -0.2) is 4.79 Å². The lowest BCUT2D eigenvalue weighted by molar-refractivity contribution is 0.222. The van der Waals surface area contributed by atoms with E-state index in [2.05, 4.69) is 5.32 Å². The number of carbonyl (C=O) groups excluding carboxylic acids is 1. The molecule has 0 radical (unpaired) electrons. The molecule has 3 N–H and O–H groups in total. The lowest BCUT2D eigenvalue weighted by atomic mass is 10.3. The van der Waals surface area contributed by atoms with Crippen LogP contribution in [0.4, 0.5) is 10.5 Å². The molecule has 18 heavy (non-hydrogen) atoms. The number of nitrogens with two attached hydrogens (primary N) is 1. The Kier molecular flexibility index (Phi) is 4.41. The minimum atomic E-state index is -0.0590. The average molecular weight is 249 g/mol. The van der Waals surface area contributed by atoms with Gasteiger partial charge in [0.25, 0.3) is 0 Å². The summed E-state index contributed by atoms with van der Waals surface area (Å²) in [5, 5.41) is 2.88. The quantitative estimate of drug-likeness (QED) is 0.852. The molecule has 0 bridgehead atoms. The molecule has 1 aromatic carbocycles. The van der Waals surface area contributed by atoms with Crippen molar-refractivity contribution in [1.29, 1.82) is 0 Å². The molecular formula is C13H19N3O2. The topological polar surface area (TPSA) is 67.6 Å². The second kappa shape index (κ2) is 6.26. The van der Waals surface area contributed by atoms with Crippen LogP contribution in [0.25, 0.3) is 0 Å². The fourth-order valence-electron chi connectivity index (χ4n) is 1.98. The van der Waals surface area contributed by atoms with Gasteiger partial charge in [-0.2, -0.15) is 0 Å². The maximum atomic E-state index is 12.0. The van der Waals surface area contributed by atoms with Crippen LogP contribution in [0.15, 0.2) is 24.3 Å². The van der Waals surface area contributed by atoms with Crippen LogP contribution in [0.1, 0.15) is 12.8 Å². The number of rotatable bonds is 4. The Morgan fingerprint density at radius 3 is 2.78 bits per heavy atom. The van der Waals surface area contributed by atoms with Crippen molar-refractivity contribution in [2.45, 2.75) is 12.8 Å². The van der Waals surface area contributed by atoms with Crippen LogP contribution in [0.5, 0.6) is 5.75 Å². The molecule has 1 aromatic rings. The van der Waals surface area contributed by atoms with Crippen molar-refractivity contribution in [1.82, 2.24) is 4.90 Å². The number of nitrogens with zero attached hydrogens (tertiary/aromatic N) is 1. The highest BCUT2D eigenvalue weighted by molar-refractivity contribution is 5.91.